The summed E-state index contributed by atoms with van der Waals surface area (Å²) in [6.45, 7) is 0.648. The number of carbonyl (C=O) groups is 2. The zero-order valence-electron chi connectivity index (χ0n) is 16.8. The minimum absolute atomic E-state index is 0.215. The first-order valence-electron chi connectivity index (χ1n) is 9.05. The third-order valence-corrected chi connectivity index (χ3v) is 4.22. The summed E-state index contributed by atoms with van der Waals surface area (Å²) in [5, 5.41) is 5.28. The molecule has 0 aliphatic heterocycles. The summed E-state index contributed by atoms with van der Waals surface area (Å²) in [7, 11) is 4.01. The lowest BCUT2D eigenvalue weighted by Crippen LogP contribution is -2.44. The topological polar surface area (TPSA) is 140 Å². The zero-order chi connectivity index (χ0) is 21.8. The van der Waals surface area contributed by atoms with Crippen LogP contribution in [0.15, 0.2) is 48.5 Å². The van der Waals surface area contributed by atoms with Crippen molar-refractivity contribution in [3.8, 4) is 0 Å². The predicted octanol–water partition coefficient (Wildman–Crippen LogP) is 0.707. The van der Waals surface area contributed by atoms with Crippen molar-refractivity contribution in [2.75, 3.05) is 49.3 Å². The molecule has 2 rings (SSSR count). The van der Waals surface area contributed by atoms with Crippen LogP contribution in [-0.2, 0) is 4.79 Å². The maximum absolute atomic E-state index is 11.7. The van der Waals surface area contributed by atoms with E-state index in [-0.39, 0.29) is 17.6 Å². The van der Waals surface area contributed by atoms with Gasteiger partial charge in [0.1, 0.15) is 0 Å². The number of anilines is 3. The normalized spacial score (nSPS) is 10.9. The van der Waals surface area contributed by atoms with Crippen LogP contribution in [0.25, 0.3) is 0 Å². The highest BCUT2D eigenvalue weighted by molar-refractivity contribution is 7.80. The largest absolute Gasteiger partial charge is 0.399 e. The highest BCUT2D eigenvalue weighted by Crippen LogP contribution is 2.12. The molecule has 0 aliphatic rings. The second kappa shape index (κ2) is 12.5. The smallest absolute Gasteiger partial charge is 0.251 e. The minimum Gasteiger partial charge on any atom is -0.399 e. The number of amides is 2. The molecule has 0 aliphatic carbocycles. The summed E-state index contributed by atoms with van der Waals surface area (Å²) in [5.41, 5.74) is 19.6. The van der Waals surface area contributed by atoms with Gasteiger partial charge in [0.15, 0.2) is 0 Å². The molecular weight excluding hydrogens is 388 g/mol. The van der Waals surface area contributed by atoms with Gasteiger partial charge in [0.2, 0.25) is 5.91 Å². The lowest BCUT2D eigenvalue weighted by atomic mass is 10.2. The predicted molar refractivity (Wildman–Crippen MR) is 123 cm³/mol. The highest BCUT2D eigenvalue weighted by Gasteiger charge is 2.10. The second-order valence-corrected chi connectivity index (χ2v) is 6.81. The number of carbonyl (C=O) groups excluding carboxylic acids is 2. The van der Waals surface area contributed by atoms with Crippen molar-refractivity contribution in [1.82, 2.24) is 10.6 Å². The Kier molecular flexibility index (Phi) is 10.4. The molecule has 2 aromatic rings. The van der Waals surface area contributed by atoms with Gasteiger partial charge < -0.3 is 32.7 Å². The Morgan fingerprint density at radius 1 is 0.931 bits per heavy atom. The van der Waals surface area contributed by atoms with Crippen molar-refractivity contribution in [2.45, 2.75) is 6.04 Å². The molecule has 0 heterocycles. The van der Waals surface area contributed by atoms with Gasteiger partial charge in [-0.25, -0.2) is 0 Å². The SMILES string of the molecule is CN(C)c1ccc(N)cc1.Nc1ccc(C(=O)NCCNC(=O)C(N)CS)cc1. The number of rotatable bonds is 7. The first-order valence-corrected chi connectivity index (χ1v) is 9.68. The van der Waals surface area contributed by atoms with Gasteiger partial charge in [-0.1, -0.05) is 0 Å². The number of hydrogen-bond donors (Lipinski definition) is 6. The van der Waals surface area contributed by atoms with E-state index in [0.717, 1.165) is 5.69 Å². The second-order valence-electron chi connectivity index (χ2n) is 6.44. The Bertz CT molecular complexity index is 766. The Balaban J connectivity index is 0.000000352. The fraction of sp³-hybridized carbons (Fsp3) is 0.300. The van der Waals surface area contributed by atoms with Gasteiger partial charge in [0, 0.05) is 55.6 Å². The lowest BCUT2D eigenvalue weighted by molar-refractivity contribution is -0.121. The van der Waals surface area contributed by atoms with E-state index in [1.807, 2.05) is 43.3 Å². The van der Waals surface area contributed by atoms with Gasteiger partial charge in [-0.3, -0.25) is 9.59 Å². The van der Waals surface area contributed by atoms with Gasteiger partial charge in [0.25, 0.3) is 5.91 Å². The van der Waals surface area contributed by atoms with Crippen LogP contribution in [0.4, 0.5) is 17.1 Å². The highest BCUT2D eigenvalue weighted by atomic mass is 32.1. The molecule has 2 aromatic carbocycles. The molecule has 29 heavy (non-hydrogen) atoms. The Morgan fingerprint density at radius 2 is 1.41 bits per heavy atom. The summed E-state index contributed by atoms with van der Waals surface area (Å²) < 4.78 is 0. The molecule has 0 aromatic heterocycles. The van der Waals surface area contributed by atoms with E-state index in [1.165, 1.54) is 5.69 Å². The average molecular weight is 419 g/mol. The molecule has 1 atom stereocenters. The van der Waals surface area contributed by atoms with Crippen LogP contribution in [0.1, 0.15) is 10.4 Å². The van der Waals surface area contributed by atoms with Crippen LogP contribution < -0.4 is 32.7 Å². The van der Waals surface area contributed by atoms with Crippen LogP contribution >= 0.6 is 12.6 Å². The molecule has 0 bridgehead atoms. The Morgan fingerprint density at radius 3 is 1.90 bits per heavy atom. The number of nitrogen functional groups attached to an aromatic ring is 2. The van der Waals surface area contributed by atoms with Crippen LogP contribution in [0, 0.1) is 0 Å². The Hall–Kier alpha value is -2.91. The number of nitrogens with one attached hydrogen (secondary N) is 2. The van der Waals surface area contributed by atoms with Crippen LogP contribution in [0.2, 0.25) is 0 Å². The molecule has 158 valence electrons. The fourth-order valence-corrected chi connectivity index (χ4v) is 2.25. The molecule has 1 unspecified atom stereocenters. The lowest BCUT2D eigenvalue weighted by Gasteiger charge is -2.11. The molecule has 9 heteroatoms. The summed E-state index contributed by atoms with van der Waals surface area (Å²) in [6, 6.07) is 13.7. The monoisotopic (exact) mass is 418 g/mol. The van der Waals surface area contributed by atoms with Gasteiger partial charge in [0.05, 0.1) is 6.04 Å². The van der Waals surface area contributed by atoms with E-state index in [1.54, 1.807) is 24.3 Å². The van der Waals surface area contributed by atoms with Crippen molar-refractivity contribution in [3.05, 3.63) is 54.1 Å². The number of thiol groups is 1. The molecule has 8 N–H and O–H groups in total. The van der Waals surface area contributed by atoms with Crippen molar-refractivity contribution < 1.29 is 9.59 Å². The van der Waals surface area contributed by atoms with Crippen LogP contribution in [0.5, 0.6) is 0 Å². The van der Waals surface area contributed by atoms with Crippen molar-refractivity contribution >= 4 is 41.5 Å². The fourth-order valence-electron chi connectivity index (χ4n) is 2.08. The van der Waals surface area contributed by atoms with E-state index >= 15 is 0 Å². The standard InChI is InChI=1S/C12H18N4O2S.C8H12N2/c13-9-3-1-8(2-4-9)11(17)15-5-6-16-12(18)10(14)7-19;1-10(2)8-5-3-7(9)4-6-8/h1-4,10,19H,5-7,13-14H2,(H,15,17)(H,16,18);3-6H,9H2,1-2H3. The number of nitrogens with two attached hydrogens (primary N) is 3. The Labute approximate surface area is 177 Å². The summed E-state index contributed by atoms with van der Waals surface area (Å²) in [4.78, 5) is 25.0. The number of nitrogens with zero attached hydrogens (tertiary/aromatic N) is 1. The third-order valence-electron chi connectivity index (χ3n) is 3.83. The third kappa shape index (κ3) is 9.22. The maximum Gasteiger partial charge on any atom is 0.251 e. The van der Waals surface area contributed by atoms with Crippen molar-refractivity contribution in [2.24, 2.45) is 5.73 Å². The summed E-state index contributed by atoms with van der Waals surface area (Å²) in [5.74, 6) is -0.214. The quantitative estimate of drug-likeness (QED) is 0.222. The van der Waals surface area contributed by atoms with Crippen LogP contribution in [-0.4, -0.2) is 50.8 Å². The average Bonchev–Trinajstić information content (AvgIpc) is 2.71. The van der Waals surface area contributed by atoms with Gasteiger partial charge in [-0.15, -0.1) is 0 Å². The minimum atomic E-state index is -0.629. The zero-order valence-corrected chi connectivity index (χ0v) is 17.7. The van der Waals surface area contributed by atoms with Crippen molar-refractivity contribution in [1.29, 1.82) is 0 Å². The van der Waals surface area contributed by atoms with E-state index in [0.29, 0.717) is 24.3 Å². The molecule has 0 saturated heterocycles. The molecule has 0 fully saturated rings. The van der Waals surface area contributed by atoms with Crippen molar-refractivity contribution in [3.63, 3.8) is 0 Å². The van der Waals surface area contributed by atoms with Gasteiger partial charge in [-0.2, -0.15) is 12.6 Å². The molecule has 0 radical (unpaired) electrons. The molecular formula is C20H30N6O2S. The summed E-state index contributed by atoms with van der Waals surface area (Å²) in [6.07, 6.45) is 0. The van der Waals surface area contributed by atoms with E-state index in [4.69, 9.17) is 17.2 Å². The van der Waals surface area contributed by atoms with E-state index in [9.17, 15) is 9.59 Å². The first kappa shape index (κ1) is 24.1. The number of benzene rings is 2. The maximum atomic E-state index is 11.7. The molecule has 0 saturated carbocycles. The van der Waals surface area contributed by atoms with Gasteiger partial charge in [-0.05, 0) is 48.5 Å². The van der Waals surface area contributed by atoms with E-state index in [2.05, 4.69) is 23.3 Å². The first-order chi connectivity index (χ1) is 13.7. The van der Waals surface area contributed by atoms with Gasteiger partial charge >= 0.3 is 0 Å². The number of hydrogen-bond acceptors (Lipinski definition) is 7. The van der Waals surface area contributed by atoms with E-state index < -0.39 is 6.04 Å². The molecule has 0 spiro atoms. The van der Waals surface area contributed by atoms with Crippen LogP contribution in [0.3, 0.4) is 0 Å². The molecule has 2 amide bonds. The summed E-state index contributed by atoms with van der Waals surface area (Å²) >= 11 is 3.92. The molecule has 8 nitrogen and oxygen atoms in total.